The first-order chi connectivity index (χ1) is 18.3. The van der Waals surface area contributed by atoms with Gasteiger partial charge < -0.3 is 10.0 Å². The molecule has 2 aliphatic rings. The van der Waals surface area contributed by atoms with Crippen molar-refractivity contribution in [1.82, 2.24) is 14.7 Å². The third-order valence-electron chi connectivity index (χ3n) is 7.52. The molecule has 1 amide bonds. The molecule has 1 aromatic carbocycles. The van der Waals surface area contributed by atoms with E-state index >= 15 is 4.39 Å². The number of carboxylic acid groups (broad SMARTS) is 1. The minimum Gasteiger partial charge on any atom is -0.481 e. The number of nitrogens with zero attached hydrogens (tertiary/aromatic N) is 3. The van der Waals surface area contributed by atoms with Crippen LogP contribution in [0.3, 0.4) is 0 Å². The SMILES string of the molecule is O=C(CN(CC1(F)CCCC1)C(=O)c1cnn([C@H]2CC[C@@H](C(=O)O)CC2)c1C(F)(F)F)c1c(Cl)cccc1Cl. The number of aromatic nitrogens is 2. The molecule has 13 heteroatoms. The molecule has 0 unspecified atom stereocenters. The van der Waals surface area contributed by atoms with Gasteiger partial charge in [-0.3, -0.25) is 19.1 Å². The number of hydrogen-bond donors (Lipinski definition) is 1. The number of aliphatic carboxylic acids is 1. The van der Waals surface area contributed by atoms with Crippen LogP contribution in [-0.2, 0) is 11.0 Å². The van der Waals surface area contributed by atoms with Crippen LogP contribution in [-0.4, -0.2) is 56.2 Å². The number of Topliss-reactive ketones (excluding diaryl/α,β-unsaturated/α-hetero) is 1. The molecule has 0 spiro atoms. The summed E-state index contributed by atoms with van der Waals surface area (Å²) >= 11 is 12.2. The van der Waals surface area contributed by atoms with Crippen LogP contribution in [0.1, 0.15) is 83.8 Å². The van der Waals surface area contributed by atoms with Gasteiger partial charge in [0, 0.05) is 0 Å². The summed E-state index contributed by atoms with van der Waals surface area (Å²) in [4.78, 5) is 38.8. The third kappa shape index (κ3) is 6.40. The first kappa shape index (κ1) is 29.3. The number of carbonyl (C=O) groups is 3. The van der Waals surface area contributed by atoms with Crippen molar-refractivity contribution in [2.24, 2.45) is 5.92 Å². The Morgan fingerprint density at radius 1 is 1.08 bits per heavy atom. The fraction of sp³-hybridized carbons (Fsp3) is 0.538. The Balaban J connectivity index is 1.68. The van der Waals surface area contributed by atoms with Gasteiger partial charge in [-0.05, 0) is 50.7 Å². The van der Waals surface area contributed by atoms with E-state index in [-0.39, 0.29) is 54.1 Å². The number of ketones is 1. The number of amides is 1. The van der Waals surface area contributed by atoms with Crippen molar-refractivity contribution in [3.8, 4) is 0 Å². The van der Waals surface area contributed by atoms with Gasteiger partial charge in [-0.15, -0.1) is 0 Å². The van der Waals surface area contributed by atoms with Crippen molar-refractivity contribution in [1.29, 1.82) is 0 Å². The summed E-state index contributed by atoms with van der Waals surface area (Å²) in [6.07, 6.45) is -2.28. The van der Waals surface area contributed by atoms with E-state index < -0.39 is 65.8 Å². The summed E-state index contributed by atoms with van der Waals surface area (Å²) in [5, 5.41) is 13.1. The van der Waals surface area contributed by atoms with Crippen LogP contribution in [0.4, 0.5) is 17.6 Å². The Morgan fingerprint density at radius 2 is 1.67 bits per heavy atom. The Kier molecular flexibility index (Phi) is 8.61. The first-order valence-corrected chi connectivity index (χ1v) is 13.4. The molecule has 1 heterocycles. The molecule has 2 aromatic rings. The Morgan fingerprint density at radius 3 is 2.21 bits per heavy atom. The second-order valence-electron chi connectivity index (χ2n) is 10.2. The number of hydrogen-bond acceptors (Lipinski definition) is 4. The molecule has 0 bridgehead atoms. The van der Waals surface area contributed by atoms with Crippen LogP contribution < -0.4 is 0 Å². The summed E-state index contributed by atoms with van der Waals surface area (Å²) in [6, 6.07) is 3.56. The standard InChI is InChI=1S/C26H27Cl2F4N3O4/c27-18-4-3-5-19(28)21(18)20(36)13-34(14-25(29)10-1-2-11-25)23(37)17-12-33-35(22(17)26(30,31)32)16-8-6-15(7-9-16)24(38)39/h3-5,12,15-16H,1-2,6-11,13-14H2,(H,38,39)/t15-,16+. The lowest BCUT2D eigenvalue weighted by molar-refractivity contribution is -0.147. The van der Waals surface area contributed by atoms with Crippen LogP contribution >= 0.6 is 23.2 Å². The van der Waals surface area contributed by atoms with Crippen molar-refractivity contribution in [2.45, 2.75) is 69.3 Å². The molecule has 2 saturated carbocycles. The summed E-state index contributed by atoms with van der Waals surface area (Å²) in [7, 11) is 0. The van der Waals surface area contributed by atoms with Crippen molar-refractivity contribution in [3.05, 3.63) is 51.3 Å². The zero-order valence-electron chi connectivity index (χ0n) is 20.8. The fourth-order valence-corrected chi connectivity index (χ4v) is 6.15. The molecule has 2 aliphatic carbocycles. The van der Waals surface area contributed by atoms with Crippen LogP contribution in [0.5, 0.6) is 0 Å². The lowest BCUT2D eigenvalue weighted by atomic mass is 9.86. The van der Waals surface area contributed by atoms with Gasteiger partial charge >= 0.3 is 12.1 Å². The Hall–Kier alpha value is -2.66. The summed E-state index contributed by atoms with van der Waals surface area (Å²) in [5.74, 6) is -3.59. The highest BCUT2D eigenvalue weighted by atomic mass is 35.5. The minimum atomic E-state index is -4.99. The van der Waals surface area contributed by atoms with E-state index in [9.17, 15) is 32.7 Å². The largest absolute Gasteiger partial charge is 0.481 e. The second-order valence-corrected chi connectivity index (χ2v) is 11.0. The van der Waals surface area contributed by atoms with E-state index in [1.165, 1.54) is 18.2 Å². The van der Waals surface area contributed by atoms with Gasteiger partial charge in [0.25, 0.3) is 5.91 Å². The molecule has 4 rings (SSSR count). The highest BCUT2D eigenvalue weighted by Crippen LogP contribution is 2.40. The predicted molar refractivity (Wildman–Crippen MR) is 135 cm³/mol. The van der Waals surface area contributed by atoms with Crippen LogP contribution in [0.25, 0.3) is 0 Å². The van der Waals surface area contributed by atoms with Crippen molar-refractivity contribution < 1.29 is 37.1 Å². The number of rotatable bonds is 8. The second kappa shape index (κ2) is 11.4. The van der Waals surface area contributed by atoms with E-state index in [2.05, 4.69) is 5.10 Å². The van der Waals surface area contributed by atoms with Crippen LogP contribution in [0.15, 0.2) is 24.4 Å². The number of benzene rings is 1. The molecule has 212 valence electrons. The Bertz CT molecular complexity index is 1230. The van der Waals surface area contributed by atoms with Gasteiger partial charge in [0.1, 0.15) is 5.67 Å². The maximum atomic E-state index is 15.5. The average Bonchev–Trinajstić information content (AvgIpc) is 3.50. The number of carboxylic acids is 1. The number of carbonyl (C=O) groups excluding carboxylic acids is 2. The molecule has 39 heavy (non-hydrogen) atoms. The minimum absolute atomic E-state index is 0.00325. The Labute approximate surface area is 232 Å². The fourth-order valence-electron chi connectivity index (χ4n) is 5.54. The van der Waals surface area contributed by atoms with Crippen LogP contribution in [0.2, 0.25) is 10.0 Å². The lowest BCUT2D eigenvalue weighted by Crippen LogP contribution is -2.45. The maximum absolute atomic E-state index is 15.5. The molecule has 7 nitrogen and oxygen atoms in total. The molecule has 1 aromatic heterocycles. The molecule has 0 aliphatic heterocycles. The van der Waals surface area contributed by atoms with Gasteiger partial charge in [0.2, 0.25) is 0 Å². The van der Waals surface area contributed by atoms with E-state index in [1.807, 2.05) is 0 Å². The predicted octanol–water partition coefficient (Wildman–Crippen LogP) is 6.63. The van der Waals surface area contributed by atoms with Gasteiger partial charge in [0.05, 0.1) is 52.4 Å². The topological polar surface area (TPSA) is 92.5 Å². The summed E-state index contributed by atoms with van der Waals surface area (Å²) in [5.41, 5.74) is -4.08. The maximum Gasteiger partial charge on any atom is 0.433 e. The van der Waals surface area contributed by atoms with Crippen molar-refractivity contribution in [2.75, 3.05) is 13.1 Å². The van der Waals surface area contributed by atoms with E-state index in [0.29, 0.717) is 12.8 Å². The molecular formula is C26H27Cl2F4N3O4. The number of halogens is 6. The molecule has 2 fully saturated rings. The number of alkyl halides is 4. The summed E-state index contributed by atoms with van der Waals surface area (Å²) in [6.45, 7) is -1.31. The quantitative estimate of drug-likeness (QED) is 0.275. The van der Waals surface area contributed by atoms with E-state index in [0.717, 1.165) is 15.8 Å². The monoisotopic (exact) mass is 591 g/mol. The smallest absolute Gasteiger partial charge is 0.433 e. The molecule has 0 atom stereocenters. The van der Waals surface area contributed by atoms with Gasteiger partial charge in [-0.1, -0.05) is 42.1 Å². The highest BCUT2D eigenvalue weighted by molar-refractivity contribution is 6.40. The van der Waals surface area contributed by atoms with Crippen molar-refractivity contribution >= 4 is 40.9 Å². The molecule has 1 N–H and O–H groups in total. The molecular weight excluding hydrogens is 565 g/mol. The molecule has 0 saturated heterocycles. The van der Waals surface area contributed by atoms with Gasteiger partial charge in [0.15, 0.2) is 11.5 Å². The molecule has 0 radical (unpaired) electrons. The van der Waals surface area contributed by atoms with E-state index in [4.69, 9.17) is 23.2 Å². The van der Waals surface area contributed by atoms with Crippen molar-refractivity contribution in [3.63, 3.8) is 0 Å². The third-order valence-corrected chi connectivity index (χ3v) is 8.15. The van der Waals surface area contributed by atoms with Gasteiger partial charge in [-0.25, -0.2) is 4.39 Å². The van der Waals surface area contributed by atoms with Gasteiger partial charge in [-0.2, -0.15) is 18.3 Å². The zero-order valence-corrected chi connectivity index (χ0v) is 22.3. The lowest BCUT2D eigenvalue weighted by Gasteiger charge is -2.30. The normalized spacial score (nSPS) is 21.1. The first-order valence-electron chi connectivity index (χ1n) is 12.6. The highest BCUT2D eigenvalue weighted by Gasteiger charge is 2.45. The van der Waals surface area contributed by atoms with Crippen LogP contribution in [0, 0.1) is 5.92 Å². The zero-order chi connectivity index (χ0) is 28.5. The summed E-state index contributed by atoms with van der Waals surface area (Å²) < 4.78 is 59.3. The average molecular weight is 592 g/mol. The van der Waals surface area contributed by atoms with E-state index in [1.54, 1.807) is 0 Å².